The number of hydrogen-bond donors (Lipinski definition) is 1. The summed E-state index contributed by atoms with van der Waals surface area (Å²) in [5.41, 5.74) is 0. The van der Waals surface area contributed by atoms with Crippen LogP contribution in [0.3, 0.4) is 0 Å². The summed E-state index contributed by atoms with van der Waals surface area (Å²) in [4.78, 5) is 0. The van der Waals surface area contributed by atoms with Gasteiger partial charge in [-0.2, -0.15) is 14.0 Å². The van der Waals surface area contributed by atoms with Crippen molar-refractivity contribution in [3.05, 3.63) is 121 Å². The molecule has 0 saturated carbocycles. The van der Waals surface area contributed by atoms with Gasteiger partial charge in [0, 0.05) is 0 Å². The summed E-state index contributed by atoms with van der Waals surface area (Å²) in [7, 11) is -6.60. The first-order valence-corrected chi connectivity index (χ1v) is 15.0. The average Bonchev–Trinajstić information content (AvgIpc) is 2.80. The van der Waals surface area contributed by atoms with E-state index in [9.17, 15) is 0 Å². The van der Waals surface area contributed by atoms with Crippen molar-refractivity contribution in [1.29, 1.82) is 0 Å². The minimum absolute atomic E-state index is 0. The summed E-state index contributed by atoms with van der Waals surface area (Å²) in [5, 5.41) is 5.55. The fraction of sp³-hybridized carbons (Fsp3) is 0. The number of hydrogen-bond acceptors (Lipinski definition) is 8. The van der Waals surface area contributed by atoms with Gasteiger partial charge in [0.1, 0.15) is 28.5 Å². The second kappa shape index (κ2) is 15.5. The second-order valence-corrected chi connectivity index (χ2v) is 12.3. The first-order chi connectivity index (χ1) is 16.4. The summed E-state index contributed by atoms with van der Waals surface area (Å²) in [5.74, 6) is 0. The van der Waals surface area contributed by atoms with Crippen LogP contribution in [0.1, 0.15) is 0 Å². The number of benzene rings is 4. The normalized spacial score (nSPS) is 11.1. The van der Waals surface area contributed by atoms with E-state index in [1.165, 1.54) is 21.2 Å². The van der Waals surface area contributed by atoms with Gasteiger partial charge in [-0.25, -0.2) is 0 Å². The first kappa shape index (κ1) is 33.2. The van der Waals surface area contributed by atoms with E-state index < -0.39 is 31.1 Å². The molecule has 0 unspecified atom stereocenters. The molecule has 0 aliphatic rings. The van der Waals surface area contributed by atoms with Crippen molar-refractivity contribution in [2.24, 2.45) is 0 Å². The Morgan fingerprint density at radius 3 is 0.806 bits per heavy atom. The van der Waals surface area contributed by atoms with Crippen LogP contribution < -0.4 is 94.9 Å². The van der Waals surface area contributed by atoms with Gasteiger partial charge in [0.2, 0.25) is 0 Å². The molecule has 0 bridgehead atoms. The minimum atomic E-state index is -5.75. The topological polar surface area (TPSA) is 170 Å². The maximum atomic E-state index is 8.60. The van der Waals surface area contributed by atoms with Crippen LogP contribution in [0.25, 0.3) is 0 Å². The van der Waals surface area contributed by atoms with Gasteiger partial charge in [-0.3, -0.25) is 0 Å². The predicted octanol–water partition coefficient (Wildman–Crippen LogP) is -5.43. The average molecular weight is 595 g/mol. The quantitative estimate of drug-likeness (QED) is 0.180. The Morgan fingerprint density at radius 1 is 0.528 bits per heavy atom. The molecular weight excluding hydrogens is 574 g/mol. The van der Waals surface area contributed by atoms with Crippen LogP contribution in [0.4, 0.5) is 0 Å². The maximum Gasteiger partial charge on any atom is 0.144 e. The minimum Gasteiger partial charge on any atom is -0.0620 e. The van der Waals surface area contributed by atoms with Gasteiger partial charge in [-0.05, 0) is 48.5 Å². The molecule has 8 nitrogen and oxygen atoms in total. The molecule has 0 saturated heterocycles. The van der Waals surface area contributed by atoms with E-state index in [1.54, 1.807) is 0 Å². The van der Waals surface area contributed by atoms with E-state index in [0.29, 0.717) is 0 Å². The van der Waals surface area contributed by atoms with Crippen molar-refractivity contribution in [3.63, 3.8) is 0 Å². The first-order valence-electron chi connectivity index (χ1n) is 9.84. The van der Waals surface area contributed by atoms with Crippen molar-refractivity contribution in [1.82, 2.24) is 0 Å². The molecule has 12 heteroatoms. The molecule has 0 radical (unpaired) electrons. The van der Waals surface area contributed by atoms with Gasteiger partial charge in [-0.1, -0.05) is 72.8 Å². The van der Waals surface area contributed by atoms with Crippen LogP contribution in [0.5, 0.6) is 0 Å². The standard InChI is InChI=1S/C24H20P.ClHO4.Cr.K.4O/c1-5-13-21(14-6-1)25(22-15-7-2-8-16-22,23-17-9-3-10-18-23)24-19-11-4-12-20-24;2-1(3,4)5;;;;;;/h1-20H;(H,2,3,4,5);;;;;;/q+1;;;+1;;;2*-1. The van der Waals surface area contributed by atoms with Gasteiger partial charge in [0.15, 0.2) is 0 Å². The Bertz CT molecular complexity index is 1080. The fourth-order valence-corrected chi connectivity index (χ4v) is 7.77. The van der Waals surface area contributed by atoms with E-state index in [0.717, 1.165) is 0 Å². The molecule has 0 heterocycles. The van der Waals surface area contributed by atoms with E-state index in [-0.39, 0.29) is 51.4 Å². The van der Waals surface area contributed by atoms with E-state index in [4.69, 9.17) is 34.6 Å². The zero-order valence-corrected chi connectivity index (χ0v) is 25.1. The Balaban J connectivity index is 0.000000505. The zero-order chi connectivity index (χ0) is 26.0. The molecule has 4 aromatic carbocycles. The van der Waals surface area contributed by atoms with Crippen molar-refractivity contribution in [2.45, 2.75) is 0 Å². The SMILES string of the molecule is [K+].[O-][Cl+3]([O-])([O-])O.[O]=[Cr](=[O])([O-])[O-].c1ccc([P+](c2ccccc2)(c2ccccc2)c2ccccc2)cc1. The molecule has 0 spiro atoms. The summed E-state index contributed by atoms with van der Waals surface area (Å²) in [6.45, 7) is 0. The van der Waals surface area contributed by atoms with E-state index >= 15 is 0 Å². The van der Waals surface area contributed by atoms with Crippen LogP contribution >= 0.6 is 7.26 Å². The third kappa shape index (κ3) is 11.3. The summed E-state index contributed by atoms with van der Waals surface area (Å²) in [6, 6.07) is 43.8. The van der Waals surface area contributed by atoms with Crippen LogP contribution in [-0.2, 0) is 21.2 Å². The number of halogens is 1. The Hall–Kier alpha value is -0.871. The molecule has 4 rings (SSSR count). The van der Waals surface area contributed by atoms with Crippen molar-refractivity contribution in [3.8, 4) is 0 Å². The Kier molecular flexibility index (Phi) is 14.3. The van der Waals surface area contributed by atoms with Crippen molar-refractivity contribution >= 4 is 28.5 Å². The van der Waals surface area contributed by atoms with Gasteiger partial charge in [-0.15, -0.1) is 0 Å². The van der Waals surface area contributed by atoms with Gasteiger partial charge < -0.3 is 0 Å². The molecule has 0 atom stereocenters. The molecule has 1 N–H and O–H groups in total. The summed E-state index contributed by atoms with van der Waals surface area (Å²) < 4.78 is 67.1. The molecular formula is C24H21ClCrKO8P. The molecule has 0 aromatic heterocycles. The van der Waals surface area contributed by atoms with Gasteiger partial charge >= 0.3 is 80.9 Å². The molecule has 184 valence electrons. The van der Waals surface area contributed by atoms with Gasteiger partial charge in [0.25, 0.3) is 0 Å². The van der Waals surface area contributed by atoms with Crippen LogP contribution in [0.2, 0.25) is 0 Å². The van der Waals surface area contributed by atoms with Crippen LogP contribution in [0, 0.1) is 10.2 Å². The van der Waals surface area contributed by atoms with E-state index in [2.05, 4.69) is 121 Å². The Labute approximate surface area is 256 Å². The predicted molar refractivity (Wildman–Crippen MR) is 115 cm³/mol. The summed E-state index contributed by atoms with van der Waals surface area (Å²) >= 11 is -5.75. The zero-order valence-electron chi connectivity index (χ0n) is 19.1. The maximum absolute atomic E-state index is 8.60. The van der Waals surface area contributed by atoms with Gasteiger partial charge in [0.05, 0.1) is 14.9 Å². The number of rotatable bonds is 4. The fourth-order valence-electron chi connectivity index (χ4n) is 3.50. The molecule has 0 amide bonds. The van der Waals surface area contributed by atoms with Crippen LogP contribution in [0.15, 0.2) is 121 Å². The second-order valence-electron chi connectivity index (χ2n) is 6.82. The summed E-state index contributed by atoms with van der Waals surface area (Å²) in [6.07, 6.45) is 0. The van der Waals surface area contributed by atoms with Crippen molar-refractivity contribution < 1.29 is 110 Å². The monoisotopic (exact) mass is 594 g/mol. The molecule has 0 aliphatic carbocycles. The molecule has 4 aromatic rings. The third-order valence-electron chi connectivity index (χ3n) is 4.57. The third-order valence-corrected chi connectivity index (χ3v) is 8.86. The molecule has 0 aliphatic heterocycles. The smallest absolute Gasteiger partial charge is 0.0620 e. The molecule has 36 heavy (non-hydrogen) atoms. The van der Waals surface area contributed by atoms with Crippen molar-refractivity contribution in [2.75, 3.05) is 0 Å². The van der Waals surface area contributed by atoms with E-state index in [1.807, 2.05) is 0 Å². The Morgan fingerprint density at radius 2 is 0.667 bits per heavy atom. The van der Waals surface area contributed by atoms with Crippen LogP contribution in [-0.4, -0.2) is 4.66 Å². The largest absolute Gasteiger partial charge is 0.144 e. The molecule has 0 fully saturated rings.